The van der Waals surface area contributed by atoms with Gasteiger partial charge in [-0.15, -0.1) is 0 Å². The van der Waals surface area contributed by atoms with E-state index in [1.54, 1.807) is 0 Å². The molecule has 1 aromatic carbocycles. The van der Waals surface area contributed by atoms with E-state index in [4.69, 9.17) is 16.7 Å². The van der Waals surface area contributed by atoms with E-state index in [1.807, 2.05) is 0 Å². The zero-order valence-corrected chi connectivity index (χ0v) is 12.1. The Balaban J connectivity index is 2.12. The van der Waals surface area contributed by atoms with Crippen molar-refractivity contribution in [2.75, 3.05) is 13.1 Å². The highest BCUT2D eigenvalue weighted by Crippen LogP contribution is 2.32. The van der Waals surface area contributed by atoms with Gasteiger partial charge in [0.25, 0.3) is 5.91 Å². The molecule has 1 aliphatic rings. The first kappa shape index (κ1) is 16.6. The summed E-state index contributed by atoms with van der Waals surface area (Å²) in [6, 6.07) is 2.58. The highest BCUT2D eigenvalue weighted by molar-refractivity contribution is 6.33. The zero-order chi connectivity index (χ0) is 16.5. The highest BCUT2D eigenvalue weighted by atomic mass is 35.5. The number of rotatable bonds is 2. The van der Waals surface area contributed by atoms with Crippen molar-refractivity contribution in [1.29, 1.82) is 0 Å². The molecule has 1 heterocycles. The second kappa shape index (κ2) is 6.16. The van der Waals surface area contributed by atoms with Crippen LogP contribution in [-0.4, -0.2) is 35.0 Å². The quantitative estimate of drug-likeness (QED) is 0.902. The number of hydrogen-bond donors (Lipinski definition) is 1. The van der Waals surface area contributed by atoms with Gasteiger partial charge in [0.05, 0.1) is 22.1 Å². The summed E-state index contributed by atoms with van der Waals surface area (Å²) in [5.74, 6) is -1.88. The lowest BCUT2D eigenvalue weighted by Gasteiger charge is -2.30. The number of carboxylic acids is 1. The summed E-state index contributed by atoms with van der Waals surface area (Å²) in [5, 5.41) is 8.64. The molecule has 0 saturated carbocycles. The van der Waals surface area contributed by atoms with Crippen LogP contribution in [0.4, 0.5) is 13.2 Å². The number of aliphatic carboxylic acids is 1. The van der Waals surface area contributed by atoms with Crippen molar-refractivity contribution in [1.82, 2.24) is 4.90 Å². The molecular formula is C14H13ClF3NO3. The van der Waals surface area contributed by atoms with E-state index in [2.05, 4.69) is 0 Å². The van der Waals surface area contributed by atoms with E-state index in [1.165, 1.54) is 4.90 Å². The summed E-state index contributed by atoms with van der Waals surface area (Å²) in [6.45, 7) is 0.486. The smallest absolute Gasteiger partial charge is 0.416 e. The summed E-state index contributed by atoms with van der Waals surface area (Å²) < 4.78 is 37.7. The number of nitrogens with zero attached hydrogens (tertiary/aromatic N) is 1. The fourth-order valence-corrected chi connectivity index (χ4v) is 2.63. The minimum Gasteiger partial charge on any atom is -0.481 e. The maximum atomic E-state index is 12.6. The normalized spacial score (nSPS) is 16.6. The molecule has 0 spiro atoms. The van der Waals surface area contributed by atoms with Gasteiger partial charge in [0.2, 0.25) is 0 Å². The number of amides is 1. The molecule has 1 amide bonds. The number of carboxylic acid groups (broad SMARTS) is 1. The van der Waals surface area contributed by atoms with Gasteiger partial charge in [-0.2, -0.15) is 13.2 Å². The van der Waals surface area contributed by atoms with Gasteiger partial charge in [-0.25, -0.2) is 0 Å². The molecule has 0 aliphatic carbocycles. The van der Waals surface area contributed by atoms with E-state index in [0.717, 1.165) is 18.2 Å². The van der Waals surface area contributed by atoms with Crippen LogP contribution in [0.5, 0.6) is 0 Å². The Morgan fingerprint density at radius 2 is 1.82 bits per heavy atom. The Labute approximate surface area is 129 Å². The van der Waals surface area contributed by atoms with Crippen LogP contribution in [0.3, 0.4) is 0 Å². The monoisotopic (exact) mass is 335 g/mol. The van der Waals surface area contributed by atoms with E-state index in [9.17, 15) is 22.8 Å². The molecular weight excluding hydrogens is 323 g/mol. The highest BCUT2D eigenvalue weighted by Gasteiger charge is 2.32. The maximum Gasteiger partial charge on any atom is 0.416 e. The molecule has 0 radical (unpaired) electrons. The third-order valence-corrected chi connectivity index (χ3v) is 3.97. The van der Waals surface area contributed by atoms with Gasteiger partial charge in [0, 0.05) is 13.1 Å². The second-order valence-corrected chi connectivity index (χ2v) is 5.50. The molecule has 1 aromatic rings. The van der Waals surface area contributed by atoms with Crippen molar-refractivity contribution in [2.45, 2.75) is 19.0 Å². The van der Waals surface area contributed by atoms with Crippen molar-refractivity contribution in [3.05, 3.63) is 34.3 Å². The fourth-order valence-electron chi connectivity index (χ4n) is 2.36. The predicted octanol–water partition coefficient (Wildman–Crippen LogP) is 3.30. The largest absolute Gasteiger partial charge is 0.481 e. The van der Waals surface area contributed by atoms with Gasteiger partial charge < -0.3 is 10.0 Å². The maximum absolute atomic E-state index is 12.6. The van der Waals surface area contributed by atoms with Crippen LogP contribution in [0.1, 0.15) is 28.8 Å². The number of alkyl halides is 3. The molecule has 0 unspecified atom stereocenters. The fraction of sp³-hybridized carbons (Fsp3) is 0.429. The van der Waals surface area contributed by atoms with Gasteiger partial charge in [0.1, 0.15) is 0 Å². The number of hydrogen-bond acceptors (Lipinski definition) is 2. The van der Waals surface area contributed by atoms with Crippen LogP contribution in [0, 0.1) is 5.92 Å². The van der Waals surface area contributed by atoms with Crippen molar-refractivity contribution >= 4 is 23.5 Å². The molecule has 1 N–H and O–H groups in total. The molecule has 2 rings (SSSR count). The topological polar surface area (TPSA) is 57.6 Å². The summed E-state index contributed by atoms with van der Waals surface area (Å²) in [7, 11) is 0. The standard InChI is InChI=1S/C14H13ClF3NO3/c15-11-7-9(14(16,17)18)1-2-10(11)12(20)19-5-3-8(4-6-19)13(21)22/h1-2,7-8H,3-6H2,(H,21,22). The van der Waals surface area contributed by atoms with E-state index in [0.29, 0.717) is 12.8 Å². The lowest BCUT2D eigenvalue weighted by atomic mass is 9.96. The van der Waals surface area contributed by atoms with Crippen molar-refractivity contribution in [3.63, 3.8) is 0 Å². The summed E-state index contributed by atoms with van der Waals surface area (Å²) in [4.78, 5) is 24.5. The third-order valence-electron chi connectivity index (χ3n) is 3.66. The summed E-state index contributed by atoms with van der Waals surface area (Å²) in [5.41, 5.74) is -0.929. The second-order valence-electron chi connectivity index (χ2n) is 5.10. The number of carbonyl (C=O) groups is 2. The van der Waals surface area contributed by atoms with E-state index >= 15 is 0 Å². The molecule has 1 aliphatic heterocycles. The van der Waals surface area contributed by atoms with E-state index in [-0.39, 0.29) is 23.7 Å². The minimum atomic E-state index is -4.52. The number of halogens is 4. The molecule has 0 atom stereocenters. The first-order valence-electron chi connectivity index (χ1n) is 6.59. The third kappa shape index (κ3) is 3.52. The first-order chi connectivity index (χ1) is 10.2. The van der Waals surface area contributed by atoms with Crippen LogP contribution >= 0.6 is 11.6 Å². The molecule has 1 fully saturated rings. The molecule has 0 aromatic heterocycles. The van der Waals surface area contributed by atoms with Crippen molar-refractivity contribution < 1.29 is 27.9 Å². The Hall–Kier alpha value is -1.76. The van der Waals surface area contributed by atoms with E-state index < -0.39 is 29.5 Å². The first-order valence-corrected chi connectivity index (χ1v) is 6.97. The average molecular weight is 336 g/mol. The number of piperidine rings is 1. The van der Waals surface area contributed by atoms with Crippen LogP contribution in [-0.2, 0) is 11.0 Å². The lowest BCUT2D eigenvalue weighted by Crippen LogP contribution is -2.40. The van der Waals surface area contributed by atoms with Crippen LogP contribution in [0.25, 0.3) is 0 Å². The Morgan fingerprint density at radius 3 is 2.27 bits per heavy atom. The molecule has 22 heavy (non-hydrogen) atoms. The molecule has 1 saturated heterocycles. The van der Waals surface area contributed by atoms with Crippen molar-refractivity contribution in [2.24, 2.45) is 5.92 Å². The Morgan fingerprint density at radius 1 is 1.23 bits per heavy atom. The number of likely N-dealkylation sites (tertiary alicyclic amines) is 1. The van der Waals surface area contributed by atoms with Gasteiger partial charge in [-0.1, -0.05) is 11.6 Å². The van der Waals surface area contributed by atoms with Crippen LogP contribution in [0.15, 0.2) is 18.2 Å². The Bertz CT molecular complexity index is 595. The van der Waals surface area contributed by atoms with Crippen LogP contribution < -0.4 is 0 Å². The SMILES string of the molecule is O=C(O)C1CCN(C(=O)c2ccc(C(F)(F)F)cc2Cl)CC1. The van der Waals surface area contributed by atoms with Crippen molar-refractivity contribution in [3.8, 4) is 0 Å². The average Bonchev–Trinajstić information content (AvgIpc) is 2.45. The van der Waals surface area contributed by atoms with Gasteiger partial charge in [0.15, 0.2) is 0 Å². The van der Waals surface area contributed by atoms with Gasteiger partial charge in [-0.05, 0) is 31.0 Å². The number of carbonyl (C=O) groups excluding carboxylic acids is 1. The van der Waals surface area contributed by atoms with Gasteiger partial charge in [-0.3, -0.25) is 9.59 Å². The van der Waals surface area contributed by atoms with Gasteiger partial charge >= 0.3 is 12.1 Å². The minimum absolute atomic E-state index is 0.0107. The number of benzene rings is 1. The lowest BCUT2D eigenvalue weighted by molar-refractivity contribution is -0.143. The molecule has 120 valence electrons. The molecule has 0 bridgehead atoms. The molecule has 4 nitrogen and oxygen atoms in total. The summed E-state index contributed by atoms with van der Waals surface area (Å²) in [6.07, 6.45) is -3.89. The summed E-state index contributed by atoms with van der Waals surface area (Å²) >= 11 is 5.79. The Kier molecular flexibility index (Phi) is 4.65. The molecule has 8 heteroatoms. The van der Waals surface area contributed by atoms with Crippen LogP contribution in [0.2, 0.25) is 5.02 Å². The predicted molar refractivity (Wildman–Crippen MR) is 72.7 cm³/mol. The zero-order valence-electron chi connectivity index (χ0n) is 11.4.